The molecule has 0 saturated heterocycles. The van der Waals surface area contributed by atoms with Gasteiger partial charge >= 0.3 is 5.97 Å². The highest BCUT2D eigenvalue weighted by atomic mass is 16.5. The van der Waals surface area contributed by atoms with Gasteiger partial charge in [0.15, 0.2) is 0 Å². The Balaban J connectivity index is 1.87. The highest BCUT2D eigenvalue weighted by molar-refractivity contribution is 5.93. The Kier molecular flexibility index (Phi) is 6.77. The predicted octanol–water partition coefficient (Wildman–Crippen LogP) is 2.91. The fourth-order valence-corrected chi connectivity index (χ4v) is 2.05. The zero-order valence-corrected chi connectivity index (χ0v) is 14.3. The van der Waals surface area contributed by atoms with Gasteiger partial charge < -0.3 is 14.4 Å². The molecule has 0 aliphatic heterocycles. The average Bonchev–Trinajstić information content (AvgIpc) is 2.65. The molecule has 0 unspecified atom stereocenters. The minimum Gasteiger partial charge on any atom is -0.489 e. The summed E-state index contributed by atoms with van der Waals surface area (Å²) in [5.41, 5.74) is 1.97. The number of likely N-dealkylation sites (N-methyl/N-ethyl adjacent to an activating group) is 1. The van der Waals surface area contributed by atoms with Gasteiger partial charge in [0.2, 0.25) is 5.91 Å². The molecule has 0 heterocycles. The summed E-state index contributed by atoms with van der Waals surface area (Å²) < 4.78 is 10.2. The van der Waals surface area contributed by atoms with Gasteiger partial charge in [0, 0.05) is 13.1 Å². The Morgan fingerprint density at radius 3 is 2.36 bits per heavy atom. The number of hydrogen-bond acceptors (Lipinski definition) is 4. The summed E-state index contributed by atoms with van der Waals surface area (Å²) in [6.45, 7) is 0.429. The van der Waals surface area contributed by atoms with E-state index in [-0.39, 0.29) is 12.5 Å². The molecule has 0 aliphatic rings. The molecule has 2 aromatic carbocycles. The number of esters is 1. The third-order valence-corrected chi connectivity index (χ3v) is 3.52. The molecule has 0 bridgehead atoms. The van der Waals surface area contributed by atoms with E-state index in [0.717, 1.165) is 16.9 Å². The van der Waals surface area contributed by atoms with Gasteiger partial charge in [-0.05, 0) is 29.3 Å². The van der Waals surface area contributed by atoms with Crippen molar-refractivity contribution in [2.45, 2.75) is 6.61 Å². The lowest BCUT2D eigenvalue weighted by molar-refractivity contribution is -0.144. The number of carbonyl (C=O) groups excluding carboxylic acids is 2. The quantitative estimate of drug-likeness (QED) is 0.575. The van der Waals surface area contributed by atoms with E-state index in [9.17, 15) is 9.59 Å². The van der Waals surface area contributed by atoms with Crippen molar-refractivity contribution in [1.82, 2.24) is 4.90 Å². The van der Waals surface area contributed by atoms with Crippen molar-refractivity contribution in [2.75, 3.05) is 20.7 Å². The van der Waals surface area contributed by atoms with Gasteiger partial charge in [0.1, 0.15) is 18.9 Å². The Hall–Kier alpha value is -3.08. The summed E-state index contributed by atoms with van der Waals surface area (Å²) in [7, 11) is 2.84. The van der Waals surface area contributed by atoms with Gasteiger partial charge in [-0.2, -0.15) is 0 Å². The van der Waals surface area contributed by atoms with E-state index in [1.165, 1.54) is 18.1 Å². The number of rotatable bonds is 7. The summed E-state index contributed by atoms with van der Waals surface area (Å²) in [6, 6.07) is 17.4. The molecule has 0 saturated carbocycles. The van der Waals surface area contributed by atoms with Gasteiger partial charge in [0.05, 0.1) is 7.11 Å². The van der Waals surface area contributed by atoms with E-state index < -0.39 is 5.97 Å². The van der Waals surface area contributed by atoms with Crippen molar-refractivity contribution in [2.24, 2.45) is 0 Å². The molecule has 2 aromatic rings. The first-order chi connectivity index (χ1) is 12.1. The molecule has 0 spiro atoms. The summed E-state index contributed by atoms with van der Waals surface area (Å²) in [5.74, 6) is 0.0362. The first-order valence-electron chi connectivity index (χ1n) is 7.85. The highest BCUT2D eigenvalue weighted by Crippen LogP contribution is 2.15. The molecular formula is C20H21NO4. The number of methoxy groups -OCH3 is 1. The fraction of sp³-hybridized carbons (Fsp3) is 0.200. The fourth-order valence-electron chi connectivity index (χ4n) is 2.05. The average molecular weight is 339 g/mol. The number of ether oxygens (including phenoxy) is 2. The van der Waals surface area contributed by atoms with Crippen LogP contribution in [0, 0.1) is 0 Å². The largest absolute Gasteiger partial charge is 0.489 e. The number of amides is 1. The maximum Gasteiger partial charge on any atom is 0.325 e. The first-order valence-corrected chi connectivity index (χ1v) is 7.85. The van der Waals surface area contributed by atoms with Crippen molar-refractivity contribution in [3.63, 3.8) is 0 Å². The second-order valence-corrected chi connectivity index (χ2v) is 5.45. The lowest BCUT2D eigenvalue weighted by Gasteiger charge is -2.12. The molecule has 1 amide bonds. The molecule has 5 heteroatoms. The molecule has 0 aliphatic carbocycles. The van der Waals surface area contributed by atoms with Crippen molar-refractivity contribution in [1.29, 1.82) is 0 Å². The van der Waals surface area contributed by atoms with Crippen molar-refractivity contribution < 1.29 is 19.1 Å². The van der Waals surface area contributed by atoms with E-state index in [4.69, 9.17) is 4.74 Å². The van der Waals surface area contributed by atoms with Crippen LogP contribution >= 0.6 is 0 Å². The molecule has 0 fully saturated rings. The van der Waals surface area contributed by atoms with Crippen LogP contribution in [-0.4, -0.2) is 37.5 Å². The lowest BCUT2D eigenvalue weighted by atomic mass is 10.2. The third kappa shape index (κ3) is 6.14. The summed E-state index contributed by atoms with van der Waals surface area (Å²) in [4.78, 5) is 24.3. The SMILES string of the molecule is COC(=O)CN(C)C(=O)/C=C/c1ccc(OCc2ccccc2)cc1. The van der Waals surface area contributed by atoms with Gasteiger partial charge in [-0.25, -0.2) is 0 Å². The topological polar surface area (TPSA) is 55.8 Å². The molecule has 2 rings (SSSR count). The van der Waals surface area contributed by atoms with Crippen LogP contribution in [0.2, 0.25) is 0 Å². The molecule has 0 radical (unpaired) electrons. The smallest absolute Gasteiger partial charge is 0.325 e. The van der Waals surface area contributed by atoms with Gasteiger partial charge in [-0.1, -0.05) is 42.5 Å². The summed E-state index contributed by atoms with van der Waals surface area (Å²) in [5, 5.41) is 0. The second-order valence-electron chi connectivity index (χ2n) is 5.45. The maximum absolute atomic E-state index is 11.9. The summed E-state index contributed by atoms with van der Waals surface area (Å²) >= 11 is 0. The molecule has 25 heavy (non-hydrogen) atoms. The van der Waals surface area contributed by atoms with E-state index in [0.29, 0.717) is 6.61 Å². The number of benzene rings is 2. The van der Waals surface area contributed by atoms with Crippen LogP contribution in [0.25, 0.3) is 6.08 Å². The van der Waals surface area contributed by atoms with Crippen LogP contribution in [0.1, 0.15) is 11.1 Å². The van der Waals surface area contributed by atoms with Crippen LogP contribution in [-0.2, 0) is 20.9 Å². The number of hydrogen-bond donors (Lipinski definition) is 0. The van der Waals surface area contributed by atoms with E-state index >= 15 is 0 Å². The predicted molar refractivity (Wildman–Crippen MR) is 95.9 cm³/mol. The molecule has 0 atom stereocenters. The zero-order chi connectivity index (χ0) is 18.1. The number of nitrogens with zero attached hydrogens (tertiary/aromatic N) is 1. The Morgan fingerprint density at radius 2 is 1.72 bits per heavy atom. The van der Waals surface area contributed by atoms with Gasteiger partial charge in [-0.3, -0.25) is 9.59 Å². The maximum atomic E-state index is 11.9. The van der Waals surface area contributed by atoms with Crippen molar-refractivity contribution in [3.05, 3.63) is 71.8 Å². The Bertz CT molecular complexity index is 723. The van der Waals surface area contributed by atoms with Crippen molar-refractivity contribution in [3.8, 4) is 5.75 Å². The normalized spacial score (nSPS) is 10.5. The van der Waals surface area contributed by atoms with Crippen LogP contribution in [0.3, 0.4) is 0 Å². The molecule has 0 N–H and O–H groups in total. The molecule has 5 nitrogen and oxygen atoms in total. The van der Waals surface area contributed by atoms with E-state index in [1.54, 1.807) is 13.1 Å². The first kappa shape index (κ1) is 18.3. The summed E-state index contributed by atoms with van der Waals surface area (Å²) in [6.07, 6.45) is 3.11. The molecular weight excluding hydrogens is 318 g/mol. The minimum absolute atomic E-state index is 0.0774. The zero-order valence-electron chi connectivity index (χ0n) is 14.3. The highest BCUT2D eigenvalue weighted by Gasteiger charge is 2.09. The standard InChI is InChI=1S/C20H21NO4/c1-21(14-20(23)24-2)19(22)13-10-16-8-11-18(12-9-16)25-15-17-6-4-3-5-7-17/h3-13H,14-15H2,1-2H3/b13-10+. The van der Waals surface area contributed by atoms with Crippen LogP contribution in [0.5, 0.6) is 5.75 Å². The van der Waals surface area contributed by atoms with E-state index in [1.807, 2.05) is 54.6 Å². The molecule has 0 aromatic heterocycles. The van der Waals surface area contributed by atoms with Crippen LogP contribution in [0.4, 0.5) is 0 Å². The monoisotopic (exact) mass is 339 g/mol. The van der Waals surface area contributed by atoms with Crippen molar-refractivity contribution >= 4 is 18.0 Å². The second kappa shape index (κ2) is 9.27. The molecule has 130 valence electrons. The lowest BCUT2D eigenvalue weighted by Crippen LogP contribution is -2.31. The third-order valence-electron chi connectivity index (χ3n) is 3.52. The Morgan fingerprint density at radius 1 is 1.04 bits per heavy atom. The van der Waals surface area contributed by atoms with Gasteiger partial charge in [-0.15, -0.1) is 0 Å². The minimum atomic E-state index is -0.454. The Labute approximate surface area is 147 Å². The van der Waals surface area contributed by atoms with E-state index in [2.05, 4.69) is 4.74 Å². The van der Waals surface area contributed by atoms with Gasteiger partial charge in [0.25, 0.3) is 0 Å². The van der Waals surface area contributed by atoms with Crippen LogP contribution < -0.4 is 4.74 Å². The number of carbonyl (C=O) groups is 2. The van der Waals surface area contributed by atoms with Crippen LogP contribution in [0.15, 0.2) is 60.7 Å².